The van der Waals surface area contributed by atoms with Gasteiger partial charge in [0.25, 0.3) is 0 Å². The van der Waals surface area contributed by atoms with Gasteiger partial charge in [0.1, 0.15) is 0 Å². The van der Waals surface area contributed by atoms with E-state index in [4.69, 9.17) is 0 Å². The van der Waals surface area contributed by atoms with E-state index in [2.05, 4.69) is 9.88 Å². The highest BCUT2D eigenvalue weighted by atomic mass is 32.2. The smallest absolute Gasteiger partial charge is 0.219 e. The van der Waals surface area contributed by atoms with Crippen LogP contribution < -0.4 is 5.43 Å². The molecule has 0 spiro atoms. The zero-order chi connectivity index (χ0) is 18.5. The molecule has 2 fully saturated rings. The normalized spacial score (nSPS) is 25.3. The molecule has 2 saturated heterocycles. The number of aromatic nitrogens is 1. The molecule has 0 bridgehead atoms. The molecule has 3 heterocycles. The van der Waals surface area contributed by atoms with E-state index in [1.54, 1.807) is 17.0 Å². The third-order valence-electron chi connectivity index (χ3n) is 5.36. The van der Waals surface area contributed by atoms with Gasteiger partial charge in [0.2, 0.25) is 5.91 Å². The summed E-state index contributed by atoms with van der Waals surface area (Å²) in [6.45, 7) is 3.04. The van der Waals surface area contributed by atoms with Gasteiger partial charge < -0.3 is 9.88 Å². The number of hydrogen-bond acceptors (Lipinski definition) is 5. The lowest BCUT2D eigenvalue weighted by Crippen LogP contribution is -2.59. The van der Waals surface area contributed by atoms with E-state index in [9.17, 15) is 18.0 Å². The Balaban J connectivity index is 1.64. The molecule has 2 atom stereocenters. The maximum atomic E-state index is 12.3. The number of rotatable bonds is 2. The number of amides is 1. The van der Waals surface area contributed by atoms with Crippen molar-refractivity contribution >= 4 is 26.6 Å². The number of para-hydroxylation sites is 1. The Morgan fingerprint density at radius 2 is 1.92 bits per heavy atom. The van der Waals surface area contributed by atoms with Crippen molar-refractivity contribution in [3.05, 3.63) is 46.2 Å². The number of benzene rings is 1. The number of pyridine rings is 1. The average molecular weight is 375 g/mol. The van der Waals surface area contributed by atoms with Crippen molar-refractivity contribution in [1.82, 2.24) is 14.8 Å². The molecular weight excluding hydrogens is 354 g/mol. The summed E-state index contributed by atoms with van der Waals surface area (Å²) >= 11 is 0. The van der Waals surface area contributed by atoms with Gasteiger partial charge in [0.05, 0.1) is 17.5 Å². The predicted octanol–water partition coefficient (Wildman–Crippen LogP) is 0.358. The highest BCUT2D eigenvalue weighted by Crippen LogP contribution is 2.28. The van der Waals surface area contributed by atoms with Gasteiger partial charge in [-0.2, -0.15) is 0 Å². The number of aromatic amines is 1. The molecule has 0 aliphatic carbocycles. The lowest BCUT2D eigenvalue weighted by molar-refractivity contribution is -0.134. The van der Waals surface area contributed by atoms with Crippen LogP contribution in [0.25, 0.3) is 10.9 Å². The Hall–Kier alpha value is -2.19. The first-order valence-corrected chi connectivity index (χ1v) is 10.5. The van der Waals surface area contributed by atoms with E-state index in [0.29, 0.717) is 25.0 Å². The molecule has 1 amide bonds. The number of carbonyl (C=O) groups excluding carboxylic acids is 1. The van der Waals surface area contributed by atoms with Crippen molar-refractivity contribution in [3.63, 3.8) is 0 Å². The molecule has 0 saturated carbocycles. The highest BCUT2D eigenvalue weighted by Gasteiger charge is 2.47. The van der Waals surface area contributed by atoms with Crippen molar-refractivity contribution in [1.29, 1.82) is 0 Å². The van der Waals surface area contributed by atoms with Crippen LogP contribution >= 0.6 is 0 Å². The first-order valence-electron chi connectivity index (χ1n) is 8.67. The Kier molecular flexibility index (Phi) is 4.11. The number of carbonyl (C=O) groups is 1. The Morgan fingerprint density at radius 3 is 2.69 bits per heavy atom. The number of piperazine rings is 1. The minimum atomic E-state index is -3.17. The summed E-state index contributed by atoms with van der Waals surface area (Å²) in [5.74, 6) is -0.0165. The summed E-state index contributed by atoms with van der Waals surface area (Å²) in [5.41, 5.74) is 1.48. The third kappa shape index (κ3) is 3.03. The Labute approximate surface area is 151 Å². The van der Waals surface area contributed by atoms with Gasteiger partial charge in [0, 0.05) is 55.3 Å². The van der Waals surface area contributed by atoms with Crippen molar-refractivity contribution in [3.8, 4) is 0 Å². The van der Waals surface area contributed by atoms with Crippen LogP contribution in [0.2, 0.25) is 0 Å². The number of hydrogen-bond donors (Lipinski definition) is 1. The highest BCUT2D eigenvalue weighted by molar-refractivity contribution is 7.91. The Morgan fingerprint density at radius 1 is 1.19 bits per heavy atom. The average Bonchev–Trinajstić information content (AvgIpc) is 2.90. The lowest BCUT2D eigenvalue weighted by atomic mass is 10.0. The maximum Gasteiger partial charge on any atom is 0.219 e. The number of sulfone groups is 1. The molecule has 2 aliphatic heterocycles. The van der Waals surface area contributed by atoms with E-state index in [0.717, 1.165) is 11.2 Å². The fourth-order valence-corrected chi connectivity index (χ4v) is 6.18. The van der Waals surface area contributed by atoms with Gasteiger partial charge in [-0.15, -0.1) is 0 Å². The summed E-state index contributed by atoms with van der Waals surface area (Å²) < 4.78 is 24.3. The summed E-state index contributed by atoms with van der Waals surface area (Å²) in [4.78, 5) is 31.2. The molecule has 0 unspecified atom stereocenters. The summed E-state index contributed by atoms with van der Waals surface area (Å²) in [5, 5.41) is 0.638. The molecule has 0 radical (unpaired) electrons. The third-order valence-corrected chi connectivity index (χ3v) is 7.06. The van der Waals surface area contributed by atoms with Gasteiger partial charge >= 0.3 is 0 Å². The standard InChI is InChI=1S/C18H21N3O4S/c1-12(22)21-7-6-20(16-10-26(24,25)11-17(16)21)9-13-8-18(23)14-4-2-3-5-15(14)19-13/h2-5,8,16-17H,6-7,9-11H2,1H3,(H,19,23)/t16-,17+/m0/s1. The minimum Gasteiger partial charge on any atom is -0.357 e. The maximum absolute atomic E-state index is 12.3. The molecule has 2 aliphatic rings. The second-order valence-corrected chi connectivity index (χ2v) is 9.25. The van der Waals surface area contributed by atoms with Gasteiger partial charge in [0.15, 0.2) is 15.3 Å². The van der Waals surface area contributed by atoms with E-state index < -0.39 is 9.84 Å². The van der Waals surface area contributed by atoms with E-state index in [1.165, 1.54) is 6.92 Å². The number of nitrogens with one attached hydrogen (secondary N) is 1. The van der Waals surface area contributed by atoms with Crippen LogP contribution in [0.5, 0.6) is 0 Å². The van der Waals surface area contributed by atoms with E-state index in [-0.39, 0.29) is 34.9 Å². The fraction of sp³-hybridized carbons (Fsp3) is 0.444. The second-order valence-electron chi connectivity index (χ2n) is 7.10. The molecule has 138 valence electrons. The molecule has 1 N–H and O–H groups in total. The number of nitrogens with zero attached hydrogens (tertiary/aromatic N) is 2. The van der Waals surface area contributed by atoms with Crippen LogP contribution in [0.4, 0.5) is 0 Å². The van der Waals surface area contributed by atoms with Crippen LogP contribution in [0.1, 0.15) is 12.6 Å². The summed E-state index contributed by atoms with van der Waals surface area (Å²) in [6, 6.07) is 8.38. The van der Waals surface area contributed by atoms with Gasteiger partial charge in [-0.1, -0.05) is 12.1 Å². The number of fused-ring (bicyclic) bond motifs is 2. The SMILES string of the molecule is CC(=O)N1CCN(Cc2cc(=O)c3ccccc3[nH]2)[C@H]2CS(=O)(=O)C[C@H]21. The molecule has 8 heteroatoms. The van der Waals surface area contributed by atoms with Crippen LogP contribution in [0.3, 0.4) is 0 Å². The van der Waals surface area contributed by atoms with Crippen molar-refractivity contribution in [2.75, 3.05) is 24.6 Å². The summed E-state index contributed by atoms with van der Waals surface area (Å²) in [6.07, 6.45) is 0. The van der Waals surface area contributed by atoms with Gasteiger partial charge in [-0.05, 0) is 12.1 Å². The second kappa shape index (κ2) is 6.21. The monoisotopic (exact) mass is 375 g/mol. The molecule has 2 aromatic rings. The first kappa shape index (κ1) is 17.2. The van der Waals surface area contributed by atoms with Crippen LogP contribution in [-0.4, -0.2) is 65.8 Å². The summed E-state index contributed by atoms with van der Waals surface area (Å²) in [7, 11) is -3.17. The molecule has 4 rings (SSSR count). The molecule has 26 heavy (non-hydrogen) atoms. The van der Waals surface area contributed by atoms with Crippen molar-refractivity contribution < 1.29 is 13.2 Å². The van der Waals surface area contributed by atoms with Crippen LogP contribution in [0, 0.1) is 0 Å². The Bertz CT molecular complexity index is 1030. The zero-order valence-electron chi connectivity index (χ0n) is 14.5. The van der Waals surface area contributed by atoms with Gasteiger partial charge in [-0.25, -0.2) is 8.42 Å². The fourth-order valence-electron chi connectivity index (χ4n) is 4.17. The largest absolute Gasteiger partial charge is 0.357 e. The quantitative estimate of drug-likeness (QED) is 0.818. The zero-order valence-corrected chi connectivity index (χ0v) is 15.3. The van der Waals surface area contributed by atoms with Crippen molar-refractivity contribution in [2.45, 2.75) is 25.6 Å². The lowest BCUT2D eigenvalue weighted by Gasteiger charge is -2.43. The van der Waals surface area contributed by atoms with Gasteiger partial charge in [-0.3, -0.25) is 14.5 Å². The topological polar surface area (TPSA) is 90.6 Å². The van der Waals surface area contributed by atoms with E-state index in [1.807, 2.05) is 18.2 Å². The van der Waals surface area contributed by atoms with E-state index >= 15 is 0 Å². The molecule has 1 aromatic heterocycles. The van der Waals surface area contributed by atoms with Crippen LogP contribution in [-0.2, 0) is 21.2 Å². The molecule has 1 aromatic carbocycles. The number of H-pyrrole nitrogens is 1. The van der Waals surface area contributed by atoms with Crippen molar-refractivity contribution in [2.24, 2.45) is 0 Å². The first-order chi connectivity index (χ1) is 12.3. The molecule has 7 nitrogen and oxygen atoms in total. The molecular formula is C18H21N3O4S. The van der Waals surface area contributed by atoms with Crippen LogP contribution in [0.15, 0.2) is 35.1 Å². The predicted molar refractivity (Wildman–Crippen MR) is 98.6 cm³/mol. The minimum absolute atomic E-state index is 0.0159.